The molecule has 0 bridgehead atoms. The summed E-state index contributed by atoms with van der Waals surface area (Å²) >= 11 is 0. The number of aliphatic hydroxyl groups excluding tert-OH is 1. The molecular weight excluding hydrogens is 431 g/mol. The lowest BCUT2D eigenvalue weighted by atomic mass is 9.97. The first kappa shape index (κ1) is 24.5. The Labute approximate surface area is 192 Å². The lowest BCUT2D eigenvalue weighted by molar-refractivity contribution is -0.137. The zero-order chi connectivity index (χ0) is 24.2. The minimum atomic E-state index is -0.571. The molecule has 0 spiro atoms. The molecule has 1 fully saturated rings. The van der Waals surface area contributed by atoms with Gasteiger partial charge in [0.1, 0.15) is 17.1 Å². The molecule has 0 saturated carbocycles. The second-order valence-electron chi connectivity index (χ2n) is 9.18. The van der Waals surface area contributed by atoms with Gasteiger partial charge in [0.15, 0.2) is 0 Å². The Morgan fingerprint density at radius 2 is 1.91 bits per heavy atom. The monoisotopic (exact) mass is 462 g/mol. The van der Waals surface area contributed by atoms with Gasteiger partial charge in [0.05, 0.1) is 24.5 Å². The van der Waals surface area contributed by atoms with Gasteiger partial charge in [-0.05, 0) is 57.7 Å². The van der Waals surface area contributed by atoms with Gasteiger partial charge in [0.2, 0.25) is 0 Å². The fourth-order valence-electron chi connectivity index (χ4n) is 3.73. The third-order valence-corrected chi connectivity index (χ3v) is 5.43. The van der Waals surface area contributed by atoms with Gasteiger partial charge in [-0.3, -0.25) is 14.5 Å². The van der Waals surface area contributed by atoms with Gasteiger partial charge in [-0.1, -0.05) is 0 Å². The summed E-state index contributed by atoms with van der Waals surface area (Å²) in [5.41, 5.74) is 0.414. The van der Waals surface area contributed by atoms with Crippen molar-refractivity contribution in [1.29, 1.82) is 0 Å². The predicted molar refractivity (Wildman–Crippen MR) is 121 cm³/mol. The highest BCUT2D eigenvalue weighted by atomic mass is 19.1. The van der Waals surface area contributed by atoms with Crippen molar-refractivity contribution >= 4 is 29.3 Å². The average molecular weight is 463 g/mol. The SMILES string of the molecule is CC(C)(C)OC(=O)N1CCC(CNc2ccc(F)cc2NC2=CC(=O)N(CCO)C2=O)CC1. The third kappa shape index (κ3) is 6.44. The van der Waals surface area contributed by atoms with Crippen LogP contribution in [0.3, 0.4) is 0 Å². The maximum atomic E-state index is 13.9. The van der Waals surface area contributed by atoms with Gasteiger partial charge >= 0.3 is 6.09 Å². The summed E-state index contributed by atoms with van der Waals surface area (Å²) in [6, 6.07) is 4.13. The van der Waals surface area contributed by atoms with Crippen molar-refractivity contribution in [3.8, 4) is 0 Å². The molecule has 180 valence electrons. The van der Waals surface area contributed by atoms with Crippen LogP contribution in [0.5, 0.6) is 0 Å². The van der Waals surface area contributed by atoms with Crippen LogP contribution in [-0.4, -0.2) is 71.2 Å². The summed E-state index contributed by atoms with van der Waals surface area (Å²) in [7, 11) is 0. The number of aliphatic hydroxyl groups is 1. The highest BCUT2D eigenvalue weighted by Crippen LogP contribution is 2.28. The number of piperidine rings is 1. The van der Waals surface area contributed by atoms with E-state index in [-0.39, 0.29) is 24.9 Å². The van der Waals surface area contributed by atoms with E-state index in [2.05, 4.69) is 10.6 Å². The quantitative estimate of drug-likeness (QED) is 0.534. The van der Waals surface area contributed by atoms with Crippen LogP contribution < -0.4 is 10.6 Å². The molecule has 9 nitrogen and oxygen atoms in total. The number of hydrogen-bond donors (Lipinski definition) is 3. The van der Waals surface area contributed by atoms with E-state index >= 15 is 0 Å². The van der Waals surface area contributed by atoms with E-state index in [1.54, 1.807) is 11.0 Å². The number of halogens is 1. The molecule has 1 saturated heterocycles. The number of likely N-dealkylation sites (tertiary alicyclic amines) is 1. The predicted octanol–water partition coefficient (Wildman–Crippen LogP) is 2.54. The van der Waals surface area contributed by atoms with Crippen molar-refractivity contribution in [2.75, 3.05) is 43.4 Å². The maximum Gasteiger partial charge on any atom is 0.410 e. The molecule has 33 heavy (non-hydrogen) atoms. The van der Waals surface area contributed by atoms with Crippen molar-refractivity contribution in [2.24, 2.45) is 5.92 Å². The number of rotatable bonds is 7. The maximum absolute atomic E-state index is 13.9. The van der Waals surface area contributed by atoms with Crippen molar-refractivity contribution < 1.29 is 28.6 Å². The fraction of sp³-hybridized carbons (Fsp3) is 0.522. The van der Waals surface area contributed by atoms with Crippen LogP contribution in [-0.2, 0) is 14.3 Å². The summed E-state index contributed by atoms with van der Waals surface area (Å²) < 4.78 is 19.3. The van der Waals surface area contributed by atoms with E-state index in [4.69, 9.17) is 9.84 Å². The highest BCUT2D eigenvalue weighted by molar-refractivity contribution is 6.17. The first-order valence-electron chi connectivity index (χ1n) is 11.0. The van der Waals surface area contributed by atoms with Crippen molar-refractivity contribution in [2.45, 2.75) is 39.2 Å². The highest BCUT2D eigenvalue weighted by Gasteiger charge is 2.31. The van der Waals surface area contributed by atoms with Gasteiger partial charge in [0, 0.05) is 25.7 Å². The summed E-state index contributed by atoms with van der Waals surface area (Å²) in [4.78, 5) is 39.2. The Bertz CT molecular complexity index is 935. The smallest absolute Gasteiger partial charge is 0.410 e. The Balaban J connectivity index is 1.58. The molecular formula is C23H31FN4O5. The van der Waals surface area contributed by atoms with Crippen LogP contribution in [0.1, 0.15) is 33.6 Å². The molecule has 10 heteroatoms. The number of carbonyl (C=O) groups is 3. The summed E-state index contributed by atoms with van der Waals surface area (Å²) in [5, 5.41) is 15.2. The number of anilines is 2. The zero-order valence-electron chi connectivity index (χ0n) is 19.2. The van der Waals surface area contributed by atoms with Crippen LogP contribution in [0.25, 0.3) is 0 Å². The number of nitrogens with one attached hydrogen (secondary N) is 2. The van der Waals surface area contributed by atoms with Crippen molar-refractivity contribution in [1.82, 2.24) is 9.80 Å². The molecule has 0 unspecified atom stereocenters. The van der Waals surface area contributed by atoms with Gasteiger partial charge in [0.25, 0.3) is 11.8 Å². The molecule has 3 amide bonds. The van der Waals surface area contributed by atoms with E-state index < -0.39 is 23.2 Å². The number of amides is 3. The molecule has 0 radical (unpaired) electrons. The van der Waals surface area contributed by atoms with E-state index in [1.807, 2.05) is 20.8 Å². The minimum absolute atomic E-state index is 0.0211. The molecule has 3 N–H and O–H groups in total. The van der Waals surface area contributed by atoms with E-state index in [1.165, 1.54) is 12.1 Å². The Morgan fingerprint density at radius 3 is 2.55 bits per heavy atom. The molecule has 0 atom stereocenters. The number of hydrogen-bond acceptors (Lipinski definition) is 7. The summed E-state index contributed by atoms with van der Waals surface area (Å²) in [5.74, 6) is -1.29. The normalized spacial score (nSPS) is 17.3. The zero-order valence-corrected chi connectivity index (χ0v) is 19.2. The number of carbonyl (C=O) groups excluding carboxylic acids is 3. The third-order valence-electron chi connectivity index (χ3n) is 5.43. The number of ether oxygens (including phenoxy) is 1. The minimum Gasteiger partial charge on any atom is -0.444 e. The lowest BCUT2D eigenvalue weighted by Crippen LogP contribution is -2.42. The molecule has 1 aromatic rings. The van der Waals surface area contributed by atoms with E-state index in [9.17, 15) is 18.8 Å². The Kier molecular flexibility index (Phi) is 7.57. The average Bonchev–Trinajstić information content (AvgIpc) is 3.00. The topological polar surface area (TPSA) is 111 Å². The first-order chi connectivity index (χ1) is 15.6. The number of imide groups is 1. The second-order valence-corrected chi connectivity index (χ2v) is 9.18. The lowest BCUT2D eigenvalue weighted by Gasteiger charge is -2.33. The van der Waals surface area contributed by atoms with Gasteiger partial charge in [-0.2, -0.15) is 0 Å². The van der Waals surface area contributed by atoms with Crippen LogP contribution >= 0.6 is 0 Å². The molecule has 0 aliphatic carbocycles. The van der Waals surface area contributed by atoms with Gasteiger partial charge < -0.3 is 25.4 Å². The Hall–Kier alpha value is -3.14. The molecule has 2 heterocycles. The fourth-order valence-corrected chi connectivity index (χ4v) is 3.73. The van der Waals surface area contributed by atoms with Crippen LogP contribution in [0, 0.1) is 11.7 Å². The Morgan fingerprint density at radius 1 is 1.21 bits per heavy atom. The van der Waals surface area contributed by atoms with E-state index in [0.29, 0.717) is 36.9 Å². The van der Waals surface area contributed by atoms with Gasteiger partial charge in [-0.15, -0.1) is 0 Å². The largest absolute Gasteiger partial charge is 0.444 e. The summed E-state index contributed by atoms with van der Waals surface area (Å²) in [6.45, 7) is 6.88. The molecule has 2 aliphatic heterocycles. The van der Waals surface area contributed by atoms with Crippen LogP contribution in [0.2, 0.25) is 0 Å². The standard InChI is InChI=1S/C23H31FN4O5/c1-23(2,3)33-22(32)27-8-6-15(7-9-27)14-25-17-5-4-16(24)12-18(17)26-19-13-20(30)28(10-11-29)21(19)31/h4-5,12-13,15,25-26,29H,6-11,14H2,1-3H3. The van der Waals surface area contributed by atoms with Crippen molar-refractivity contribution in [3.63, 3.8) is 0 Å². The van der Waals surface area contributed by atoms with Gasteiger partial charge in [-0.25, -0.2) is 9.18 Å². The molecule has 0 aromatic heterocycles. The van der Waals surface area contributed by atoms with Crippen molar-refractivity contribution in [3.05, 3.63) is 35.8 Å². The molecule has 1 aromatic carbocycles. The number of benzene rings is 1. The summed E-state index contributed by atoms with van der Waals surface area (Å²) in [6.07, 6.45) is 2.42. The number of nitrogens with zero attached hydrogens (tertiary/aromatic N) is 2. The molecule has 3 rings (SSSR count). The molecule has 2 aliphatic rings. The van der Waals surface area contributed by atoms with Crippen LogP contribution in [0.15, 0.2) is 30.0 Å². The van der Waals surface area contributed by atoms with Crippen LogP contribution in [0.4, 0.5) is 20.6 Å². The second kappa shape index (κ2) is 10.2. The van der Waals surface area contributed by atoms with E-state index in [0.717, 1.165) is 23.8 Å². The first-order valence-corrected chi connectivity index (χ1v) is 11.0. The number of β-amino-alcohol motifs (C(OH)–C–C–N with tert-alkyl or cyclic N) is 1.